The van der Waals surface area contributed by atoms with Gasteiger partial charge in [0.25, 0.3) is 11.8 Å². The van der Waals surface area contributed by atoms with E-state index in [1.54, 1.807) is 30.3 Å². The van der Waals surface area contributed by atoms with Crippen molar-refractivity contribution in [1.82, 2.24) is 10.2 Å². The molecule has 9 heteroatoms. The summed E-state index contributed by atoms with van der Waals surface area (Å²) in [5.41, 5.74) is 2.90. The van der Waals surface area contributed by atoms with Crippen LogP contribution in [0.2, 0.25) is 10.0 Å². The molecule has 1 aliphatic rings. The number of nitrogens with one attached hydrogen (secondary N) is 1. The van der Waals surface area contributed by atoms with Gasteiger partial charge in [0.1, 0.15) is 6.04 Å². The second-order valence-corrected chi connectivity index (χ2v) is 9.98. The van der Waals surface area contributed by atoms with Crippen LogP contribution in [0.25, 0.3) is 0 Å². The Morgan fingerprint density at radius 1 is 1.00 bits per heavy atom. The molecule has 7 nitrogen and oxygen atoms in total. The van der Waals surface area contributed by atoms with E-state index in [2.05, 4.69) is 11.4 Å². The molecule has 1 saturated heterocycles. The number of halogens is 2. The summed E-state index contributed by atoms with van der Waals surface area (Å²) in [5, 5.41) is 21.6. The van der Waals surface area contributed by atoms with Gasteiger partial charge < -0.3 is 15.3 Å². The Kier molecular flexibility index (Phi) is 8.67. The largest absolute Gasteiger partial charge is 0.480 e. The topological polar surface area (TPSA) is 111 Å². The Morgan fingerprint density at radius 3 is 2.24 bits per heavy atom. The Morgan fingerprint density at radius 2 is 1.63 bits per heavy atom. The number of piperidine rings is 1. The van der Waals surface area contributed by atoms with E-state index in [-0.39, 0.29) is 33.9 Å². The van der Waals surface area contributed by atoms with Crippen LogP contribution < -0.4 is 5.32 Å². The van der Waals surface area contributed by atoms with E-state index >= 15 is 0 Å². The van der Waals surface area contributed by atoms with Crippen LogP contribution in [0.1, 0.15) is 56.2 Å². The number of hydrogen-bond donors (Lipinski definition) is 2. The van der Waals surface area contributed by atoms with Crippen molar-refractivity contribution >= 4 is 41.0 Å². The fraction of sp³-hybridized carbons (Fsp3) is 0.241. The van der Waals surface area contributed by atoms with Crippen LogP contribution in [0.4, 0.5) is 0 Å². The maximum absolute atomic E-state index is 12.8. The second-order valence-electron chi connectivity index (χ2n) is 9.17. The standard InChI is InChI=1S/C29H25Cl2N3O4/c30-23-5-2-6-24(31)26(23)27(35)33-25(29(37)38)16-18-7-9-20(10-8-18)21-11-13-34(14-12-21)28(36)22-4-1-3-19(15-22)17-32/h1-10,15,21,25H,11-14,16H2,(H,33,35)(H,37,38)/t25-/m0/s1. The normalized spacial score (nSPS) is 14.4. The van der Waals surface area contributed by atoms with Gasteiger partial charge >= 0.3 is 5.97 Å². The van der Waals surface area contributed by atoms with Gasteiger partial charge in [-0.2, -0.15) is 5.26 Å². The SMILES string of the molecule is N#Cc1cccc(C(=O)N2CCC(c3ccc(C[C@H](NC(=O)c4c(Cl)cccc4Cl)C(=O)O)cc3)CC2)c1. The van der Waals surface area contributed by atoms with Crippen molar-refractivity contribution in [2.45, 2.75) is 31.2 Å². The maximum atomic E-state index is 12.8. The van der Waals surface area contributed by atoms with Crippen molar-refractivity contribution in [3.8, 4) is 6.07 Å². The molecular weight excluding hydrogens is 525 g/mol. The average molecular weight is 550 g/mol. The highest BCUT2D eigenvalue weighted by Gasteiger charge is 2.26. The predicted molar refractivity (Wildman–Crippen MR) is 145 cm³/mol. The van der Waals surface area contributed by atoms with E-state index < -0.39 is 17.9 Å². The van der Waals surface area contributed by atoms with Crippen molar-refractivity contribution < 1.29 is 19.5 Å². The van der Waals surface area contributed by atoms with Gasteiger partial charge in [-0.25, -0.2) is 4.79 Å². The zero-order chi connectivity index (χ0) is 27.2. The fourth-order valence-electron chi connectivity index (χ4n) is 4.63. The number of amides is 2. The molecule has 0 bridgehead atoms. The molecule has 0 unspecified atom stereocenters. The first-order chi connectivity index (χ1) is 18.3. The first kappa shape index (κ1) is 27.2. The number of likely N-dealkylation sites (tertiary alicyclic amines) is 1. The molecule has 1 aliphatic heterocycles. The maximum Gasteiger partial charge on any atom is 0.326 e. The Balaban J connectivity index is 1.35. The molecule has 4 rings (SSSR count). The molecule has 38 heavy (non-hydrogen) atoms. The molecular formula is C29H25Cl2N3O4. The lowest BCUT2D eigenvalue weighted by atomic mass is 9.88. The van der Waals surface area contributed by atoms with Crippen LogP contribution >= 0.6 is 23.2 Å². The highest BCUT2D eigenvalue weighted by atomic mass is 35.5. The van der Waals surface area contributed by atoms with Crippen molar-refractivity contribution in [3.63, 3.8) is 0 Å². The van der Waals surface area contributed by atoms with Gasteiger partial charge in [0.05, 0.1) is 27.2 Å². The zero-order valence-electron chi connectivity index (χ0n) is 20.4. The summed E-state index contributed by atoms with van der Waals surface area (Å²) >= 11 is 12.2. The summed E-state index contributed by atoms with van der Waals surface area (Å²) in [6.45, 7) is 1.22. The van der Waals surface area contributed by atoms with Crippen LogP contribution in [-0.4, -0.2) is 46.9 Å². The zero-order valence-corrected chi connectivity index (χ0v) is 21.9. The van der Waals surface area contributed by atoms with Gasteiger partial charge in [0.15, 0.2) is 0 Å². The van der Waals surface area contributed by atoms with Crippen LogP contribution in [0.5, 0.6) is 0 Å². The van der Waals surface area contributed by atoms with E-state index in [1.165, 1.54) is 12.1 Å². The predicted octanol–water partition coefficient (Wildman–Crippen LogP) is 5.31. The van der Waals surface area contributed by atoms with E-state index in [0.717, 1.165) is 24.0 Å². The van der Waals surface area contributed by atoms with Gasteiger partial charge in [0, 0.05) is 25.1 Å². The first-order valence-corrected chi connectivity index (χ1v) is 12.9. The van der Waals surface area contributed by atoms with E-state index in [1.807, 2.05) is 29.2 Å². The Bertz CT molecular complexity index is 1370. The first-order valence-electron chi connectivity index (χ1n) is 12.1. The van der Waals surface area contributed by atoms with Crippen LogP contribution in [0.15, 0.2) is 66.7 Å². The highest BCUT2D eigenvalue weighted by molar-refractivity contribution is 6.39. The number of rotatable bonds is 7. The smallest absolute Gasteiger partial charge is 0.326 e. The number of hydrogen-bond acceptors (Lipinski definition) is 4. The molecule has 1 heterocycles. The number of aliphatic carboxylic acids is 1. The van der Waals surface area contributed by atoms with E-state index in [4.69, 9.17) is 28.5 Å². The molecule has 0 aromatic heterocycles. The molecule has 0 aliphatic carbocycles. The number of benzene rings is 3. The number of carboxylic acids is 1. The third kappa shape index (κ3) is 6.34. The fourth-order valence-corrected chi connectivity index (χ4v) is 5.20. The minimum atomic E-state index is -1.16. The molecule has 2 amide bonds. The van der Waals surface area contributed by atoms with Gasteiger partial charge in [-0.1, -0.05) is 59.6 Å². The summed E-state index contributed by atoms with van der Waals surface area (Å²) in [4.78, 5) is 39.2. The Labute approximate surface area is 230 Å². The van der Waals surface area contributed by atoms with Gasteiger partial charge in [-0.05, 0) is 60.2 Å². The lowest BCUT2D eigenvalue weighted by molar-refractivity contribution is -0.139. The molecule has 1 atom stereocenters. The molecule has 194 valence electrons. The van der Waals surface area contributed by atoms with Crippen molar-refractivity contribution in [3.05, 3.63) is 105 Å². The minimum Gasteiger partial charge on any atom is -0.480 e. The van der Waals surface area contributed by atoms with Crippen LogP contribution in [0.3, 0.4) is 0 Å². The number of carbonyl (C=O) groups excluding carboxylic acids is 2. The monoisotopic (exact) mass is 549 g/mol. The lowest BCUT2D eigenvalue weighted by Crippen LogP contribution is -2.42. The quantitative estimate of drug-likeness (QED) is 0.414. The van der Waals surface area contributed by atoms with E-state index in [0.29, 0.717) is 24.2 Å². The second kappa shape index (κ2) is 12.1. The molecule has 0 spiro atoms. The molecule has 3 aromatic rings. The Hall–Kier alpha value is -3.86. The average Bonchev–Trinajstić information content (AvgIpc) is 2.92. The van der Waals surface area contributed by atoms with Crippen molar-refractivity contribution in [2.75, 3.05) is 13.1 Å². The number of carbonyl (C=O) groups is 3. The molecule has 3 aromatic carbocycles. The molecule has 2 N–H and O–H groups in total. The summed E-state index contributed by atoms with van der Waals surface area (Å²) in [6.07, 6.45) is 1.70. The summed E-state index contributed by atoms with van der Waals surface area (Å²) in [7, 11) is 0. The third-order valence-electron chi connectivity index (χ3n) is 6.70. The third-order valence-corrected chi connectivity index (χ3v) is 7.33. The van der Waals surface area contributed by atoms with Crippen molar-refractivity contribution in [1.29, 1.82) is 5.26 Å². The summed E-state index contributed by atoms with van der Waals surface area (Å²) in [6, 6.07) is 19.9. The summed E-state index contributed by atoms with van der Waals surface area (Å²) < 4.78 is 0. The molecule has 1 fully saturated rings. The molecule has 0 saturated carbocycles. The number of nitriles is 1. The van der Waals surface area contributed by atoms with Gasteiger partial charge in [0.2, 0.25) is 0 Å². The van der Waals surface area contributed by atoms with Crippen molar-refractivity contribution in [2.24, 2.45) is 0 Å². The van der Waals surface area contributed by atoms with Gasteiger partial charge in [-0.15, -0.1) is 0 Å². The lowest BCUT2D eigenvalue weighted by Gasteiger charge is -2.32. The highest BCUT2D eigenvalue weighted by Crippen LogP contribution is 2.29. The van der Waals surface area contributed by atoms with Crippen LogP contribution in [-0.2, 0) is 11.2 Å². The molecule has 0 radical (unpaired) electrons. The van der Waals surface area contributed by atoms with Crippen LogP contribution in [0, 0.1) is 11.3 Å². The number of carboxylic acid groups (broad SMARTS) is 1. The van der Waals surface area contributed by atoms with Gasteiger partial charge in [-0.3, -0.25) is 9.59 Å². The minimum absolute atomic E-state index is 0.0417. The summed E-state index contributed by atoms with van der Waals surface area (Å²) in [5.74, 6) is -1.61. The number of nitrogens with zero attached hydrogens (tertiary/aromatic N) is 2. The van der Waals surface area contributed by atoms with E-state index in [9.17, 15) is 19.5 Å².